The molecule has 1 aromatic heterocycles. The van der Waals surface area contributed by atoms with Crippen molar-refractivity contribution >= 4 is 17.1 Å². The van der Waals surface area contributed by atoms with Gasteiger partial charge in [0.1, 0.15) is 0 Å². The van der Waals surface area contributed by atoms with Gasteiger partial charge in [-0.3, -0.25) is 4.79 Å². The SMILES string of the molecule is CCc1sc(C(C)=O)nc1C. The smallest absolute Gasteiger partial charge is 0.188 e. The Hall–Kier alpha value is -0.700. The maximum absolute atomic E-state index is 10.9. The summed E-state index contributed by atoms with van der Waals surface area (Å²) >= 11 is 1.51. The molecule has 0 amide bonds. The number of hydrogen-bond acceptors (Lipinski definition) is 3. The molecule has 0 saturated heterocycles. The first kappa shape index (κ1) is 8.40. The van der Waals surface area contributed by atoms with E-state index >= 15 is 0 Å². The summed E-state index contributed by atoms with van der Waals surface area (Å²) in [6.45, 7) is 5.57. The second kappa shape index (κ2) is 3.13. The number of Topliss-reactive ketones (excluding diaryl/α,β-unsaturated/α-hetero) is 1. The fourth-order valence-electron chi connectivity index (χ4n) is 0.907. The second-order valence-electron chi connectivity index (χ2n) is 2.44. The van der Waals surface area contributed by atoms with E-state index in [9.17, 15) is 4.79 Å². The summed E-state index contributed by atoms with van der Waals surface area (Å²) in [6.07, 6.45) is 0.969. The van der Waals surface area contributed by atoms with Crippen LogP contribution in [0.1, 0.15) is 34.2 Å². The van der Waals surface area contributed by atoms with E-state index in [0.717, 1.165) is 12.1 Å². The number of rotatable bonds is 2. The molecule has 0 aliphatic rings. The molecule has 11 heavy (non-hydrogen) atoms. The molecule has 0 spiro atoms. The van der Waals surface area contributed by atoms with Crippen LogP contribution in [0.15, 0.2) is 0 Å². The van der Waals surface area contributed by atoms with Gasteiger partial charge in [-0.15, -0.1) is 11.3 Å². The molecule has 0 aliphatic heterocycles. The number of aryl methyl sites for hydroxylation is 2. The zero-order valence-electron chi connectivity index (χ0n) is 6.97. The molecular weight excluding hydrogens is 158 g/mol. The van der Waals surface area contributed by atoms with Crippen LogP contribution in [0.5, 0.6) is 0 Å². The first-order valence-corrected chi connectivity index (χ1v) is 4.44. The van der Waals surface area contributed by atoms with Gasteiger partial charge in [0.15, 0.2) is 10.8 Å². The predicted molar refractivity (Wildman–Crippen MR) is 46.2 cm³/mol. The lowest BCUT2D eigenvalue weighted by Gasteiger charge is -1.85. The van der Waals surface area contributed by atoms with Gasteiger partial charge in [-0.25, -0.2) is 4.98 Å². The summed E-state index contributed by atoms with van der Waals surface area (Å²) in [4.78, 5) is 16.2. The molecule has 60 valence electrons. The lowest BCUT2D eigenvalue weighted by atomic mass is 10.3. The molecule has 2 nitrogen and oxygen atoms in total. The summed E-state index contributed by atoms with van der Waals surface area (Å²) in [7, 11) is 0. The molecule has 0 fully saturated rings. The van der Waals surface area contributed by atoms with E-state index in [1.165, 1.54) is 16.2 Å². The Morgan fingerprint density at radius 2 is 2.27 bits per heavy atom. The van der Waals surface area contributed by atoms with Gasteiger partial charge in [-0.05, 0) is 13.3 Å². The third kappa shape index (κ3) is 1.66. The van der Waals surface area contributed by atoms with Crippen molar-refractivity contribution in [2.24, 2.45) is 0 Å². The van der Waals surface area contributed by atoms with E-state index in [1.54, 1.807) is 6.92 Å². The van der Waals surface area contributed by atoms with Crippen LogP contribution in [-0.2, 0) is 6.42 Å². The van der Waals surface area contributed by atoms with Crippen LogP contribution in [-0.4, -0.2) is 10.8 Å². The third-order valence-electron chi connectivity index (χ3n) is 1.51. The van der Waals surface area contributed by atoms with Gasteiger partial charge in [0.25, 0.3) is 0 Å². The topological polar surface area (TPSA) is 30.0 Å². The molecule has 0 unspecified atom stereocenters. The molecule has 0 bridgehead atoms. The van der Waals surface area contributed by atoms with E-state index in [2.05, 4.69) is 11.9 Å². The highest BCUT2D eigenvalue weighted by Crippen LogP contribution is 2.18. The standard InChI is InChI=1S/C8H11NOS/c1-4-7-5(2)9-8(11-7)6(3)10/h4H2,1-3H3. The summed E-state index contributed by atoms with van der Waals surface area (Å²) < 4.78 is 0. The number of ketones is 1. The quantitative estimate of drug-likeness (QED) is 0.635. The molecule has 0 saturated carbocycles. The van der Waals surface area contributed by atoms with Crippen LogP contribution in [0.3, 0.4) is 0 Å². The van der Waals surface area contributed by atoms with Crippen molar-refractivity contribution in [1.29, 1.82) is 0 Å². The summed E-state index contributed by atoms with van der Waals surface area (Å²) in [5.41, 5.74) is 1.00. The average Bonchev–Trinajstić information content (AvgIpc) is 2.31. The average molecular weight is 169 g/mol. The maximum Gasteiger partial charge on any atom is 0.188 e. The number of carbonyl (C=O) groups is 1. The second-order valence-corrected chi connectivity index (χ2v) is 3.52. The summed E-state index contributed by atoms with van der Waals surface area (Å²) in [6, 6.07) is 0. The van der Waals surface area contributed by atoms with Crippen LogP contribution in [0.2, 0.25) is 0 Å². The Morgan fingerprint density at radius 1 is 1.64 bits per heavy atom. The minimum Gasteiger partial charge on any atom is -0.292 e. The summed E-state index contributed by atoms with van der Waals surface area (Å²) in [5, 5.41) is 0.638. The lowest BCUT2D eigenvalue weighted by Crippen LogP contribution is -1.89. The zero-order valence-corrected chi connectivity index (χ0v) is 7.79. The van der Waals surface area contributed by atoms with Crippen molar-refractivity contribution < 1.29 is 4.79 Å². The van der Waals surface area contributed by atoms with Crippen LogP contribution in [0, 0.1) is 6.92 Å². The van der Waals surface area contributed by atoms with Gasteiger partial charge in [0.05, 0.1) is 5.69 Å². The highest BCUT2D eigenvalue weighted by Gasteiger charge is 2.08. The minimum absolute atomic E-state index is 0.0674. The molecule has 0 aliphatic carbocycles. The van der Waals surface area contributed by atoms with Crippen molar-refractivity contribution in [3.63, 3.8) is 0 Å². The van der Waals surface area contributed by atoms with E-state index in [-0.39, 0.29) is 5.78 Å². The lowest BCUT2D eigenvalue weighted by molar-refractivity contribution is 0.101. The van der Waals surface area contributed by atoms with E-state index < -0.39 is 0 Å². The first-order valence-electron chi connectivity index (χ1n) is 3.62. The van der Waals surface area contributed by atoms with E-state index in [0.29, 0.717) is 5.01 Å². The summed E-state index contributed by atoms with van der Waals surface area (Å²) in [5.74, 6) is 0.0674. The number of thiazole rings is 1. The minimum atomic E-state index is 0.0674. The Labute approximate surface area is 70.3 Å². The van der Waals surface area contributed by atoms with Gasteiger partial charge >= 0.3 is 0 Å². The Balaban J connectivity index is 3.05. The molecule has 0 atom stereocenters. The van der Waals surface area contributed by atoms with Gasteiger partial charge in [-0.2, -0.15) is 0 Å². The fourth-order valence-corrected chi connectivity index (χ4v) is 1.80. The van der Waals surface area contributed by atoms with Crippen LogP contribution < -0.4 is 0 Å². The molecule has 0 N–H and O–H groups in total. The highest BCUT2D eigenvalue weighted by molar-refractivity contribution is 7.13. The Bertz CT molecular complexity index is 278. The van der Waals surface area contributed by atoms with E-state index in [1.807, 2.05) is 6.92 Å². The molecule has 1 rings (SSSR count). The molecule has 1 heterocycles. The molecule has 3 heteroatoms. The largest absolute Gasteiger partial charge is 0.292 e. The number of carbonyl (C=O) groups excluding carboxylic acids is 1. The first-order chi connectivity index (χ1) is 5.15. The molecule has 1 aromatic rings. The normalized spacial score (nSPS) is 10.1. The Kier molecular flexibility index (Phi) is 2.39. The van der Waals surface area contributed by atoms with Gasteiger partial charge < -0.3 is 0 Å². The van der Waals surface area contributed by atoms with Crippen molar-refractivity contribution in [2.45, 2.75) is 27.2 Å². The highest BCUT2D eigenvalue weighted by atomic mass is 32.1. The van der Waals surface area contributed by atoms with Gasteiger partial charge in [0.2, 0.25) is 0 Å². The van der Waals surface area contributed by atoms with Crippen molar-refractivity contribution in [1.82, 2.24) is 4.98 Å². The predicted octanol–water partition coefficient (Wildman–Crippen LogP) is 2.22. The van der Waals surface area contributed by atoms with Crippen molar-refractivity contribution in [2.75, 3.05) is 0 Å². The van der Waals surface area contributed by atoms with Crippen LogP contribution >= 0.6 is 11.3 Å². The fraction of sp³-hybridized carbons (Fsp3) is 0.500. The number of nitrogens with zero attached hydrogens (tertiary/aromatic N) is 1. The van der Waals surface area contributed by atoms with Crippen molar-refractivity contribution in [3.8, 4) is 0 Å². The third-order valence-corrected chi connectivity index (χ3v) is 2.92. The number of aromatic nitrogens is 1. The van der Waals surface area contributed by atoms with Crippen LogP contribution in [0.25, 0.3) is 0 Å². The molecule has 0 aromatic carbocycles. The maximum atomic E-state index is 10.9. The number of hydrogen-bond donors (Lipinski definition) is 0. The Morgan fingerprint density at radius 3 is 2.55 bits per heavy atom. The monoisotopic (exact) mass is 169 g/mol. The van der Waals surface area contributed by atoms with Crippen molar-refractivity contribution in [3.05, 3.63) is 15.6 Å². The van der Waals surface area contributed by atoms with E-state index in [4.69, 9.17) is 0 Å². The molecule has 0 radical (unpaired) electrons. The zero-order chi connectivity index (χ0) is 8.43. The molecular formula is C8H11NOS. The van der Waals surface area contributed by atoms with Gasteiger partial charge in [-0.1, -0.05) is 6.92 Å². The van der Waals surface area contributed by atoms with Crippen LogP contribution in [0.4, 0.5) is 0 Å². The van der Waals surface area contributed by atoms with Gasteiger partial charge in [0, 0.05) is 11.8 Å².